The van der Waals surface area contributed by atoms with Crippen LogP contribution in [0.1, 0.15) is 46.1 Å². The lowest BCUT2D eigenvalue weighted by atomic mass is 9.75. The van der Waals surface area contributed by atoms with E-state index >= 15 is 0 Å². The molecule has 1 heterocycles. The maximum absolute atomic E-state index is 6.03. The van der Waals surface area contributed by atoms with Crippen LogP contribution >= 0.6 is 0 Å². The van der Waals surface area contributed by atoms with Gasteiger partial charge in [0, 0.05) is 0 Å². The molecule has 2 rings (SSSR count). The van der Waals surface area contributed by atoms with E-state index in [0.717, 1.165) is 6.32 Å². The van der Waals surface area contributed by atoms with Gasteiger partial charge in [-0.05, 0) is 45.5 Å². The molecule has 1 aromatic rings. The number of hydrogen-bond acceptors (Lipinski definition) is 2. The molecule has 3 heteroatoms. The van der Waals surface area contributed by atoms with Crippen molar-refractivity contribution in [1.82, 2.24) is 0 Å². The van der Waals surface area contributed by atoms with Crippen molar-refractivity contribution < 1.29 is 9.31 Å². The highest BCUT2D eigenvalue weighted by atomic mass is 16.7. The molecular formula is C15H23BO2. The zero-order valence-corrected chi connectivity index (χ0v) is 12.1. The van der Waals surface area contributed by atoms with Gasteiger partial charge in [0.2, 0.25) is 0 Å². The average Bonchev–Trinajstić information content (AvgIpc) is 2.48. The highest BCUT2D eigenvalue weighted by Crippen LogP contribution is 2.39. The molecule has 2 nitrogen and oxygen atoms in total. The summed E-state index contributed by atoms with van der Waals surface area (Å²) in [6, 6.07) is 10.5. The lowest BCUT2D eigenvalue weighted by Gasteiger charge is -2.32. The van der Waals surface area contributed by atoms with E-state index in [1.807, 2.05) is 6.07 Å². The first kappa shape index (κ1) is 13.6. The van der Waals surface area contributed by atoms with Gasteiger partial charge < -0.3 is 9.31 Å². The summed E-state index contributed by atoms with van der Waals surface area (Å²) < 4.78 is 12.1. The molecule has 1 aliphatic heterocycles. The van der Waals surface area contributed by atoms with E-state index in [1.165, 1.54) is 5.56 Å². The van der Waals surface area contributed by atoms with Gasteiger partial charge in [-0.2, -0.15) is 0 Å². The Labute approximate surface area is 111 Å². The van der Waals surface area contributed by atoms with Crippen molar-refractivity contribution in [2.24, 2.45) is 0 Å². The highest BCUT2D eigenvalue weighted by molar-refractivity contribution is 6.45. The third-order valence-electron chi connectivity index (χ3n) is 4.22. The second-order valence-corrected chi connectivity index (χ2v) is 6.23. The Morgan fingerprint density at radius 1 is 1.00 bits per heavy atom. The van der Waals surface area contributed by atoms with Crippen LogP contribution in [0.4, 0.5) is 0 Å². The summed E-state index contributed by atoms with van der Waals surface area (Å²) in [4.78, 5) is 0. The summed E-state index contributed by atoms with van der Waals surface area (Å²) in [6.45, 7) is 10.6. The maximum Gasteiger partial charge on any atom is 0.458 e. The van der Waals surface area contributed by atoms with E-state index in [0.29, 0.717) is 5.92 Å². The Balaban J connectivity index is 2.00. The molecule has 0 bridgehead atoms. The zero-order valence-electron chi connectivity index (χ0n) is 12.1. The van der Waals surface area contributed by atoms with Gasteiger partial charge in [-0.15, -0.1) is 0 Å². The molecule has 1 atom stereocenters. The molecule has 0 aromatic heterocycles. The summed E-state index contributed by atoms with van der Waals surface area (Å²) in [5.41, 5.74) is 0.884. The van der Waals surface area contributed by atoms with Gasteiger partial charge in [0.25, 0.3) is 0 Å². The Bertz CT molecular complexity index is 384. The van der Waals surface area contributed by atoms with Gasteiger partial charge in [0.1, 0.15) is 0 Å². The van der Waals surface area contributed by atoms with Crippen LogP contribution in [0, 0.1) is 0 Å². The van der Waals surface area contributed by atoms with Crippen LogP contribution in [0.3, 0.4) is 0 Å². The summed E-state index contributed by atoms with van der Waals surface area (Å²) in [5, 5.41) is 0. The van der Waals surface area contributed by atoms with Crippen molar-refractivity contribution in [3.05, 3.63) is 35.9 Å². The molecule has 0 N–H and O–H groups in total. The second kappa shape index (κ2) is 4.71. The molecule has 0 spiro atoms. The van der Waals surface area contributed by atoms with Crippen LogP contribution in [-0.2, 0) is 9.31 Å². The number of hydrogen-bond donors (Lipinski definition) is 0. The molecule has 98 valence electrons. The van der Waals surface area contributed by atoms with E-state index in [-0.39, 0.29) is 18.3 Å². The van der Waals surface area contributed by atoms with Gasteiger partial charge >= 0.3 is 7.12 Å². The van der Waals surface area contributed by atoms with Crippen molar-refractivity contribution in [3.63, 3.8) is 0 Å². The topological polar surface area (TPSA) is 18.5 Å². The minimum absolute atomic E-state index is 0.106. The quantitative estimate of drug-likeness (QED) is 0.753. The molecule has 18 heavy (non-hydrogen) atoms. The fourth-order valence-corrected chi connectivity index (χ4v) is 2.27. The third kappa shape index (κ3) is 2.62. The number of benzene rings is 1. The smallest absolute Gasteiger partial charge is 0.403 e. The standard InChI is InChI=1S/C15H23BO2/c1-12(13-9-7-6-8-10-13)11-16-17-14(2,3)15(4,5)18-16/h6-10,12H,11H2,1-5H3/t12-/m0/s1. The van der Waals surface area contributed by atoms with E-state index in [9.17, 15) is 0 Å². The maximum atomic E-state index is 6.03. The van der Waals surface area contributed by atoms with E-state index in [2.05, 4.69) is 58.9 Å². The minimum atomic E-state index is -0.228. The van der Waals surface area contributed by atoms with Gasteiger partial charge in [-0.25, -0.2) is 0 Å². The van der Waals surface area contributed by atoms with E-state index in [1.54, 1.807) is 0 Å². The molecule has 0 aliphatic carbocycles. The predicted molar refractivity (Wildman–Crippen MR) is 75.7 cm³/mol. The molecule has 0 amide bonds. The van der Waals surface area contributed by atoms with Gasteiger partial charge in [-0.1, -0.05) is 37.3 Å². The van der Waals surface area contributed by atoms with Crippen LogP contribution in [0.15, 0.2) is 30.3 Å². The summed E-state index contributed by atoms with van der Waals surface area (Å²) >= 11 is 0. The van der Waals surface area contributed by atoms with Crippen LogP contribution < -0.4 is 0 Å². The lowest BCUT2D eigenvalue weighted by Crippen LogP contribution is -2.41. The second-order valence-electron chi connectivity index (χ2n) is 6.23. The van der Waals surface area contributed by atoms with E-state index < -0.39 is 0 Å². The average molecular weight is 246 g/mol. The van der Waals surface area contributed by atoms with Crippen molar-refractivity contribution in [2.75, 3.05) is 0 Å². The van der Waals surface area contributed by atoms with Crippen LogP contribution in [0.5, 0.6) is 0 Å². The van der Waals surface area contributed by atoms with Crippen molar-refractivity contribution >= 4 is 7.12 Å². The Kier molecular flexibility index (Phi) is 3.57. The Morgan fingerprint density at radius 2 is 1.50 bits per heavy atom. The van der Waals surface area contributed by atoms with Crippen molar-refractivity contribution in [1.29, 1.82) is 0 Å². The first-order valence-corrected chi connectivity index (χ1v) is 6.72. The molecule has 1 aliphatic rings. The van der Waals surface area contributed by atoms with Gasteiger partial charge in [0.15, 0.2) is 0 Å². The fraction of sp³-hybridized carbons (Fsp3) is 0.600. The van der Waals surface area contributed by atoms with Gasteiger partial charge in [-0.3, -0.25) is 0 Å². The first-order chi connectivity index (χ1) is 8.32. The normalized spacial score (nSPS) is 23.1. The van der Waals surface area contributed by atoms with Crippen LogP contribution in [-0.4, -0.2) is 18.3 Å². The van der Waals surface area contributed by atoms with E-state index in [4.69, 9.17) is 9.31 Å². The van der Waals surface area contributed by atoms with Crippen LogP contribution in [0.25, 0.3) is 0 Å². The lowest BCUT2D eigenvalue weighted by molar-refractivity contribution is 0.00578. The fourth-order valence-electron chi connectivity index (χ4n) is 2.27. The third-order valence-corrected chi connectivity index (χ3v) is 4.22. The largest absolute Gasteiger partial charge is 0.458 e. The SMILES string of the molecule is C[C@@H](CB1OC(C)(C)C(C)(C)O1)c1ccccc1. The number of rotatable bonds is 3. The van der Waals surface area contributed by atoms with Crippen molar-refractivity contribution in [3.8, 4) is 0 Å². The Hall–Kier alpha value is -0.795. The highest BCUT2D eigenvalue weighted by Gasteiger charge is 2.51. The minimum Gasteiger partial charge on any atom is -0.403 e. The summed E-state index contributed by atoms with van der Waals surface area (Å²) in [6.07, 6.45) is 0.900. The first-order valence-electron chi connectivity index (χ1n) is 6.72. The van der Waals surface area contributed by atoms with Crippen molar-refractivity contribution in [2.45, 2.75) is 58.1 Å². The molecule has 1 aromatic carbocycles. The predicted octanol–water partition coefficient (Wildman–Crippen LogP) is 3.88. The summed E-state index contributed by atoms with van der Waals surface area (Å²) in [5.74, 6) is 0.445. The summed E-state index contributed by atoms with van der Waals surface area (Å²) in [7, 11) is -0.106. The molecule has 1 fully saturated rings. The Morgan fingerprint density at radius 3 is 2.00 bits per heavy atom. The molecule has 0 saturated carbocycles. The monoisotopic (exact) mass is 246 g/mol. The molecule has 0 unspecified atom stereocenters. The molecular weight excluding hydrogens is 223 g/mol. The van der Waals surface area contributed by atoms with Gasteiger partial charge in [0.05, 0.1) is 11.2 Å². The van der Waals surface area contributed by atoms with Crippen LogP contribution in [0.2, 0.25) is 6.32 Å². The molecule has 0 radical (unpaired) electrons. The zero-order chi connectivity index (χ0) is 13.4. The molecule has 1 saturated heterocycles.